The molecule has 2 saturated carbocycles. The minimum Gasteiger partial charge on any atom is -0.458 e. The highest BCUT2D eigenvalue weighted by Gasteiger charge is 2.78. The first-order valence-electron chi connectivity index (χ1n) is 19.6. The average Bonchev–Trinajstić information content (AvgIpc) is 3.16. The molecule has 12 nitrogen and oxygen atoms in total. The average molecular weight is 795 g/mol. The van der Waals surface area contributed by atoms with Gasteiger partial charge in [-0.15, -0.1) is 0 Å². The number of hydrogen-bond donors (Lipinski definition) is 1. The molecule has 3 aromatic rings. The van der Waals surface area contributed by atoms with Crippen LogP contribution in [0.2, 0.25) is 0 Å². The number of esters is 4. The molecule has 12 heteroatoms. The molecule has 3 fully saturated rings. The lowest BCUT2D eigenvalue weighted by molar-refractivity contribution is -0.352. The maximum atomic E-state index is 15.8. The van der Waals surface area contributed by atoms with Crippen molar-refractivity contribution in [3.8, 4) is 0 Å². The second-order valence-electron chi connectivity index (χ2n) is 16.7. The molecule has 1 saturated heterocycles. The van der Waals surface area contributed by atoms with E-state index in [9.17, 15) is 24.3 Å². The third kappa shape index (κ3) is 6.84. The topological polar surface area (TPSA) is 161 Å². The Bertz CT molecular complexity index is 2210. The van der Waals surface area contributed by atoms with Gasteiger partial charge in [-0.1, -0.05) is 80.6 Å². The molecule has 0 spiro atoms. The highest BCUT2D eigenvalue weighted by atomic mass is 16.6. The lowest BCUT2D eigenvalue weighted by atomic mass is 9.44. The SMILES string of the molecule is CC(=O)O[C@H]1C(=O)[C@]2(C)[C@@H](OC(=O)/C=C/c3ccc4ccccc4c3)C[C@H]3OC[C@@]3(OC(C)=O)[C@H]2[C@H](OCc2ccccc2)[C@]2(O)C[C@H](OC(C)=O)C(C)=C1C2(C)C. The molecule has 3 aromatic carbocycles. The summed E-state index contributed by atoms with van der Waals surface area (Å²) in [6.07, 6.45) is -3.58. The number of ketones is 1. The van der Waals surface area contributed by atoms with E-state index >= 15 is 4.79 Å². The molecule has 3 aliphatic carbocycles. The Morgan fingerprint density at radius 1 is 0.862 bits per heavy atom. The summed E-state index contributed by atoms with van der Waals surface area (Å²) in [5.41, 5.74) is -4.67. The molecular formula is C46H50O12. The van der Waals surface area contributed by atoms with Crippen LogP contribution < -0.4 is 0 Å². The summed E-state index contributed by atoms with van der Waals surface area (Å²) in [5.74, 6) is -4.77. The van der Waals surface area contributed by atoms with Crippen molar-refractivity contribution in [2.75, 3.05) is 6.61 Å². The fourth-order valence-electron chi connectivity index (χ4n) is 10.1. The van der Waals surface area contributed by atoms with Gasteiger partial charge in [-0.25, -0.2) is 4.79 Å². The minimum absolute atomic E-state index is 0.0467. The van der Waals surface area contributed by atoms with Gasteiger partial charge in [-0.05, 0) is 59.0 Å². The predicted molar refractivity (Wildman–Crippen MR) is 210 cm³/mol. The summed E-state index contributed by atoms with van der Waals surface area (Å²) >= 11 is 0. The van der Waals surface area contributed by atoms with E-state index < -0.39 is 88.1 Å². The van der Waals surface area contributed by atoms with Gasteiger partial charge in [0.1, 0.15) is 23.9 Å². The minimum atomic E-state index is -2.00. The van der Waals surface area contributed by atoms with Gasteiger partial charge in [0.15, 0.2) is 17.5 Å². The molecule has 0 unspecified atom stereocenters. The van der Waals surface area contributed by atoms with Crippen molar-refractivity contribution in [3.05, 3.63) is 101 Å². The molecule has 2 bridgehead atoms. The van der Waals surface area contributed by atoms with Crippen LogP contribution in [0.1, 0.15) is 72.4 Å². The molecule has 58 heavy (non-hydrogen) atoms. The van der Waals surface area contributed by atoms with E-state index in [-0.39, 0.29) is 31.6 Å². The van der Waals surface area contributed by atoms with Gasteiger partial charge in [0.2, 0.25) is 0 Å². The molecule has 1 heterocycles. The van der Waals surface area contributed by atoms with E-state index in [2.05, 4.69) is 0 Å². The Kier molecular flexibility index (Phi) is 10.8. The van der Waals surface area contributed by atoms with Gasteiger partial charge in [0.25, 0.3) is 0 Å². The molecule has 1 N–H and O–H groups in total. The third-order valence-corrected chi connectivity index (χ3v) is 12.9. The zero-order valence-electron chi connectivity index (χ0n) is 33.8. The van der Waals surface area contributed by atoms with Crippen molar-refractivity contribution in [2.24, 2.45) is 16.7 Å². The standard InChI is InChI=1S/C46H50O12/c1-26-34(55-27(2)47)23-46(52)42(53-24-31-13-9-8-10-14-31)40-44(7,41(51)39(56-28(3)48)38(26)43(46,5)6)35(22-36-45(40,25-54-36)58-29(4)49)57-37(50)20-18-30-17-19-32-15-11-12-16-33(32)21-30/h8-21,34-36,39-40,42,52H,22-25H2,1-7H3/b20-18+/t34-,35-,36+,39+,40-,42-,44+,45-,46+/m0/s1. The van der Waals surface area contributed by atoms with Crippen LogP contribution in [0.4, 0.5) is 0 Å². The number of fused-ring (bicyclic) bond motifs is 6. The van der Waals surface area contributed by atoms with Crippen molar-refractivity contribution >= 4 is 46.5 Å². The number of carbonyl (C=O) groups excluding carboxylic acids is 5. The number of aliphatic hydroxyl groups is 1. The summed E-state index contributed by atoms with van der Waals surface area (Å²) in [7, 11) is 0. The fourth-order valence-corrected chi connectivity index (χ4v) is 10.1. The van der Waals surface area contributed by atoms with E-state index in [1.807, 2.05) is 72.8 Å². The third-order valence-electron chi connectivity index (χ3n) is 12.9. The van der Waals surface area contributed by atoms with E-state index in [0.717, 1.165) is 21.9 Å². The first-order chi connectivity index (χ1) is 27.4. The number of ether oxygens (including phenoxy) is 6. The van der Waals surface area contributed by atoms with Crippen molar-refractivity contribution < 1.29 is 57.5 Å². The van der Waals surface area contributed by atoms with Crippen LogP contribution in [0, 0.1) is 16.7 Å². The summed E-state index contributed by atoms with van der Waals surface area (Å²) in [5, 5.41) is 15.6. The maximum Gasteiger partial charge on any atom is 0.331 e. The van der Waals surface area contributed by atoms with Crippen LogP contribution in [0.25, 0.3) is 16.8 Å². The van der Waals surface area contributed by atoms with Gasteiger partial charge in [0.05, 0.1) is 24.7 Å². The van der Waals surface area contributed by atoms with Crippen LogP contribution in [0.15, 0.2) is 90.0 Å². The molecule has 4 aliphatic rings. The van der Waals surface area contributed by atoms with E-state index in [0.29, 0.717) is 5.57 Å². The number of carbonyl (C=O) groups is 5. The van der Waals surface area contributed by atoms with E-state index in [4.69, 9.17) is 28.4 Å². The molecule has 9 atom stereocenters. The molecule has 0 amide bonds. The molecule has 0 aromatic heterocycles. The zero-order valence-corrected chi connectivity index (χ0v) is 33.8. The highest BCUT2D eigenvalue weighted by molar-refractivity contribution is 5.96. The first kappa shape index (κ1) is 41.0. The Hall–Kier alpha value is -5.17. The Morgan fingerprint density at radius 3 is 2.17 bits per heavy atom. The monoisotopic (exact) mass is 794 g/mol. The summed E-state index contributed by atoms with van der Waals surface area (Å²) in [6, 6.07) is 22.8. The smallest absolute Gasteiger partial charge is 0.331 e. The van der Waals surface area contributed by atoms with Crippen molar-refractivity contribution in [1.29, 1.82) is 0 Å². The maximum absolute atomic E-state index is 15.8. The number of Topliss-reactive ketones (excluding diaryl/α,β-unsaturated/α-hetero) is 1. The fraction of sp³-hybridized carbons (Fsp3) is 0.457. The second kappa shape index (κ2) is 15.2. The Morgan fingerprint density at radius 2 is 1.53 bits per heavy atom. The van der Waals surface area contributed by atoms with Crippen molar-refractivity contribution in [1.82, 2.24) is 0 Å². The van der Waals surface area contributed by atoms with Gasteiger partial charge < -0.3 is 33.5 Å². The van der Waals surface area contributed by atoms with Crippen LogP contribution in [0.3, 0.4) is 0 Å². The van der Waals surface area contributed by atoms with Gasteiger partial charge >= 0.3 is 23.9 Å². The molecule has 0 radical (unpaired) electrons. The lowest BCUT2D eigenvalue weighted by Gasteiger charge is -2.68. The first-order valence-corrected chi connectivity index (χ1v) is 19.6. The van der Waals surface area contributed by atoms with Gasteiger partial charge in [0, 0.05) is 51.0 Å². The van der Waals surface area contributed by atoms with Gasteiger partial charge in [-0.2, -0.15) is 0 Å². The van der Waals surface area contributed by atoms with E-state index in [1.165, 1.54) is 26.8 Å². The Labute approximate surface area is 337 Å². The molecule has 1 aliphatic heterocycles. The predicted octanol–water partition coefficient (Wildman–Crippen LogP) is 6.00. The van der Waals surface area contributed by atoms with Crippen molar-refractivity contribution in [2.45, 2.75) is 110 Å². The highest BCUT2D eigenvalue weighted by Crippen LogP contribution is 2.65. The van der Waals surface area contributed by atoms with Crippen LogP contribution in [-0.2, 0) is 59.0 Å². The largest absolute Gasteiger partial charge is 0.458 e. The quantitative estimate of drug-likeness (QED) is 0.117. The summed E-state index contributed by atoms with van der Waals surface area (Å²) < 4.78 is 37.3. The number of hydrogen-bond acceptors (Lipinski definition) is 12. The van der Waals surface area contributed by atoms with E-state index in [1.54, 1.807) is 33.8 Å². The van der Waals surface area contributed by atoms with Gasteiger partial charge in [-0.3, -0.25) is 19.2 Å². The summed E-state index contributed by atoms with van der Waals surface area (Å²) in [6.45, 7) is 10.2. The summed E-state index contributed by atoms with van der Waals surface area (Å²) in [4.78, 5) is 68.5. The second-order valence-corrected chi connectivity index (χ2v) is 16.7. The zero-order chi connectivity index (χ0) is 41.8. The number of rotatable bonds is 9. The molecular weight excluding hydrogens is 744 g/mol. The number of benzene rings is 3. The van der Waals surface area contributed by atoms with Crippen molar-refractivity contribution in [3.63, 3.8) is 0 Å². The van der Waals surface area contributed by atoms with Crippen LogP contribution in [-0.4, -0.2) is 83.1 Å². The van der Waals surface area contributed by atoms with Crippen LogP contribution in [0.5, 0.6) is 0 Å². The molecule has 306 valence electrons. The Balaban J connectivity index is 1.42. The normalized spacial score (nSPS) is 32.5. The van der Waals surface area contributed by atoms with Crippen LogP contribution >= 0.6 is 0 Å². The lowest BCUT2D eigenvalue weighted by Crippen LogP contribution is -2.82. The molecule has 7 rings (SSSR count).